The fourth-order valence-corrected chi connectivity index (χ4v) is 5.08. The highest BCUT2D eigenvalue weighted by atomic mass is 35.5. The van der Waals surface area contributed by atoms with Gasteiger partial charge < -0.3 is 10.4 Å². The number of carbonyl (C=O) groups is 1. The summed E-state index contributed by atoms with van der Waals surface area (Å²) in [6.45, 7) is 12.3. The van der Waals surface area contributed by atoms with Crippen molar-refractivity contribution < 1.29 is 14.3 Å². The number of aromatic amines is 1. The Balaban J connectivity index is 1.58. The fourth-order valence-electron chi connectivity index (χ4n) is 4.88. The van der Waals surface area contributed by atoms with Crippen LogP contribution in [-0.4, -0.2) is 43.7 Å². The van der Waals surface area contributed by atoms with Gasteiger partial charge in [-0.25, -0.2) is 14.2 Å². The van der Waals surface area contributed by atoms with Crippen molar-refractivity contribution in [1.82, 2.24) is 20.1 Å². The van der Waals surface area contributed by atoms with Crippen molar-refractivity contribution in [2.24, 2.45) is 5.41 Å². The molecule has 1 aromatic carbocycles. The van der Waals surface area contributed by atoms with Crippen molar-refractivity contribution in [3.05, 3.63) is 75.6 Å². The number of nitrogens with one attached hydrogen (secondary N) is 2. The van der Waals surface area contributed by atoms with Gasteiger partial charge in [-0.1, -0.05) is 36.7 Å². The van der Waals surface area contributed by atoms with Crippen LogP contribution in [0.4, 0.5) is 21.7 Å². The third-order valence-electron chi connectivity index (χ3n) is 6.89. The monoisotopic (exact) mass is 510 g/mol. The van der Waals surface area contributed by atoms with E-state index in [9.17, 15) is 14.3 Å². The SMILES string of the molecule is [C-]#[N+]c1ccc(Nc2cc(C)[nH]n2)nc1C[C@@]1(C(=O)O)CCN(Cc2cccc(Cl)c2F)[C@H](CC)C1. The van der Waals surface area contributed by atoms with E-state index in [0.29, 0.717) is 60.9 Å². The van der Waals surface area contributed by atoms with E-state index >= 15 is 0 Å². The number of piperidine rings is 1. The van der Waals surface area contributed by atoms with Crippen LogP contribution in [0.25, 0.3) is 4.85 Å². The van der Waals surface area contributed by atoms with E-state index in [4.69, 9.17) is 18.2 Å². The first-order chi connectivity index (χ1) is 17.2. The summed E-state index contributed by atoms with van der Waals surface area (Å²) in [6.07, 6.45) is 1.57. The summed E-state index contributed by atoms with van der Waals surface area (Å²) in [6, 6.07) is 10.0. The van der Waals surface area contributed by atoms with Crippen LogP contribution in [-0.2, 0) is 17.8 Å². The number of H-pyrrole nitrogens is 1. The maximum atomic E-state index is 14.5. The number of aryl methyl sites for hydroxylation is 1. The molecule has 0 unspecified atom stereocenters. The van der Waals surface area contributed by atoms with Gasteiger partial charge in [0.2, 0.25) is 5.69 Å². The lowest BCUT2D eigenvalue weighted by Gasteiger charge is -2.44. The van der Waals surface area contributed by atoms with Gasteiger partial charge in [-0.05, 0) is 51.3 Å². The molecular formula is C26H28ClFN6O2. The molecule has 1 aliphatic heterocycles. The molecule has 0 amide bonds. The van der Waals surface area contributed by atoms with Crippen molar-refractivity contribution in [3.63, 3.8) is 0 Å². The van der Waals surface area contributed by atoms with Gasteiger partial charge in [0.05, 0.1) is 22.7 Å². The standard InChI is InChI=1S/C26H28ClFN6O2/c1-4-18-13-26(25(35)36,10-11-34(18)15-17-6-5-7-19(27)24(17)28)14-21-20(29-3)8-9-22(30-21)31-23-12-16(2)32-33-23/h5-9,12,18H,4,10-11,13-15H2,1-2H3,(H,35,36)(H2,30,31,32,33)/t18-,26-/m1/s1. The van der Waals surface area contributed by atoms with Gasteiger partial charge in [0, 0.05) is 29.9 Å². The van der Waals surface area contributed by atoms with Gasteiger partial charge in [0.15, 0.2) is 5.82 Å². The summed E-state index contributed by atoms with van der Waals surface area (Å²) in [7, 11) is 0. The minimum absolute atomic E-state index is 0.0713. The molecule has 3 heterocycles. The lowest BCUT2D eigenvalue weighted by Crippen LogP contribution is -2.50. The smallest absolute Gasteiger partial charge is 0.310 e. The zero-order chi connectivity index (χ0) is 25.9. The Hall–Kier alpha value is -3.48. The minimum atomic E-state index is -1.09. The van der Waals surface area contributed by atoms with E-state index in [1.54, 1.807) is 24.3 Å². The zero-order valence-corrected chi connectivity index (χ0v) is 20.9. The molecule has 0 aliphatic carbocycles. The first kappa shape index (κ1) is 25.6. The van der Waals surface area contributed by atoms with Crippen molar-refractivity contribution in [2.45, 2.75) is 52.1 Å². The number of anilines is 2. The molecule has 8 nitrogen and oxygen atoms in total. The zero-order valence-electron chi connectivity index (χ0n) is 20.2. The Labute approximate surface area is 214 Å². The van der Waals surface area contributed by atoms with Crippen LogP contribution in [0.3, 0.4) is 0 Å². The van der Waals surface area contributed by atoms with Gasteiger partial charge in [-0.2, -0.15) is 5.10 Å². The Morgan fingerprint density at radius 1 is 1.39 bits per heavy atom. The van der Waals surface area contributed by atoms with Crippen LogP contribution >= 0.6 is 11.6 Å². The highest BCUT2D eigenvalue weighted by Crippen LogP contribution is 2.41. The summed E-state index contributed by atoms with van der Waals surface area (Å²) >= 11 is 5.96. The summed E-state index contributed by atoms with van der Waals surface area (Å²) in [5.41, 5.74) is 1.06. The highest BCUT2D eigenvalue weighted by molar-refractivity contribution is 6.30. The second kappa shape index (κ2) is 10.6. The average Bonchev–Trinajstić information content (AvgIpc) is 3.27. The van der Waals surface area contributed by atoms with Gasteiger partial charge in [-0.3, -0.25) is 14.8 Å². The minimum Gasteiger partial charge on any atom is -0.481 e. The number of carboxylic acids is 1. The average molecular weight is 511 g/mol. The number of pyridine rings is 1. The van der Waals surface area contributed by atoms with Crippen LogP contribution in [0.1, 0.15) is 43.1 Å². The highest BCUT2D eigenvalue weighted by Gasteiger charge is 2.45. The van der Waals surface area contributed by atoms with Crippen molar-refractivity contribution in [1.29, 1.82) is 0 Å². The van der Waals surface area contributed by atoms with E-state index in [-0.39, 0.29) is 17.5 Å². The molecule has 1 fully saturated rings. The van der Waals surface area contributed by atoms with Crippen LogP contribution in [0.15, 0.2) is 36.4 Å². The Morgan fingerprint density at radius 3 is 2.86 bits per heavy atom. The summed E-state index contributed by atoms with van der Waals surface area (Å²) in [5, 5.41) is 20.5. The number of rotatable bonds is 8. The fraction of sp³-hybridized carbons (Fsp3) is 0.385. The van der Waals surface area contributed by atoms with E-state index in [0.717, 1.165) is 5.69 Å². The molecule has 0 bridgehead atoms. The topological polar surface area (TPSA) is 98.5 Å². The molecule has 36 heavy (non-hydrogen) atoms. The lowest BCUT2D eigenvalue weighted by molar-refractivity contribution is -0.154. The lowest BCUT2D eigenvalue weighted by atomic mass is 9.71. The summed E-state index contributed by atoms with van der Waals surface area (Å²) in [5.74, 6) is -0.271. The largest absolute Gasteiger partial charge is 0.481 e. The molecular weight excluding hydrogens is 483 g/mol. The van der Waals surface area contributed by atoms with Crippen LogP contribution in [0.5, 0.6) is 0 Å². The predicted octanol–water partition coefficient (Wildman–Crippen LogP) is 5.89. The number of aromatic nitrogens is 3. The second-order valence-corrected chi connectivity index (χ2v) is 9.70. The molecule has 4 rings (SSSR count). The number of hydrogen-bond donors (Lipinski definition) is 3. The summed E-state index contributed by atoms with van der Waals surface area (Å²) < 4.78 is 14.5. The number of aliphatic carboxylic acids is 1. The Bertz CT molecular complexity index is 1310. The Kier molecular flexibility index (Phi) is 7.57. The molecule has 3 N–H and O–H groups in total. The quantitative estimate of drug-likeness (QED) is 0.327. The first-order valence-corrected chi connectivity index (χ1v) is 12.2. The van der Waals surface area contributed by atoms with Gasteiger partial charge in [0.25, 0.3) is 0 Å². The van der Waals surface area contributed by atoms with Gasteiger partial charge in [-0.15, -0.1) is 0 Å². The number of benzene rings is 1. The maximum Gasteiger partial charge on any atom is 0.310 e. The second-order valence-electron chi connectivity index (χ2n) is 9.30. The van der Waals surface area contributed by atoms with E-state index in [1.165, 1.54) is 6.07 Å². The van der Waals surface area contributed by atoms with Crippen molar-refractivity contribution >= 4 is 34.9 Å². The Morgan fingerprint density at radius 2 is 2.19 bits per heavy atom. The summed E-state index contributed by atoms with van der Waals surface area (Å²) in [4.78, 5) is 23.0. The number of hydrogen-bond acceptors (Lipinski definition) is 5. The third-order valence-corrected chi connectivity index (χ3v) is 7.18. The van der Waals surface area contributed by atoms with Crippen LogP contribution in [0.2, 0.25) is 5.02 Å². The third kappa shape index (κ3) is 5.35. The predicted molar refractivity (Wildman–Crippen MR) is 136 cm³/mol. The molecule has 2 aromatic heterocycles. The van der Waals surface area contributed by atoms with Crippen LogP contribution in [0, 0.1) is 24.7 Å². The normalized spacial score (nSPS) is 20.1. The number of likely N-dealkylation sites (tertiary alicyclic amines) is 1. The molecule has 1 aliphatic rings. The van der Waals surface area contributed by atoms with Gasteiger partial charge >= 0.3 is 5.97 Å². The van der Waals surface area contributed by atoms with Crippen molar-refractivity contribution in [3.8, 4) is 0 Å². The van der Waals surface area contributed by atoms with E-state index < -0.39 is 17.2 Å². The molecule has 0 radical (unpaired) electrons. The molecule has 10 heteroatoms. The van der Waals surface area contributed by atoms with E-state index in [1.807, 2.05) is 19.9 Å². The number of halogens is 2. The molecule has 0 saturated carbocycles. The maximum absolute atomic E-state index is 14.5. The molecule has 188 valence electrons. The van der Waals surface area contributed by atoms with Crippen LogP contribution < -0.4 is 5.32 Å². The number of carboxylic acid groups (broad SMARTS) is 1. The first-order valence-electron chi connectivity index (χ1n) is 11.8. The molecule has 3 aromatic rings. The molecule has 1 saturated heterocycles. The molecule has 0 spiro atoms. The number of nitrogens with zero attached hydrogens (tertiary/aromatic N) is 4. The van der Waals surface area contributed by atoms with Crippen molar-refractivity contribution in [2.75, 3.05) is 11.9 Å². The van der Waals surface area contributed by atoms with E-state index in [2.05, 4.69) is 30.2 Å². The molecule has 2 atom stereocenters. The van der Waals surface area contributed by atoms with Gasteiger partial charge in [0.1, 0.15) is 11.6 Å².